The summed E-state index contributed by atoms with van der Waals surface area (Å²) >= 11 is 6.29. The van der Waals surface area contributed by atoms with Crippen LogP contribution in [-0.2, 0) is 21.1 Å². The van der Waals surface area contributed by atoms with Crippen molar-refractivity contribution in [2.24, 2.45) is 5.92 Å². The molecule has 1 aliphatic carbocycles. The van der Waals surface area contributed by atoms with Crippen LogP contribution < -0.4 is 5.32 Å². The zero-order valence-electron chi connectivity index (χ0n) is 17.9. The van der Waals surface area contributed by atoms with Crippen molar-refractivity contribution >= 4 is 33.2 Å². The van der Waals surface area contributed by atoms with Crippen molar-refractivity contribution < 1.29 is 17.6 Å². The molecular weight excluding hydrogens is 470 g/mol. The Morgan fingerprint density at radius 2 is 2.18 bits per heavy atom. The highest BCUT2D eigenvalue weighted by molar-refractivity contribution is 7.89. The molecular formula is C20H22ClN7O4S. The number of hydrogen-bond acceptors (Lipinski definition) is 8. The van der Waals surface area contributed by atoms with Crippen LogP contribution in [0.15, 0.2) is 28.9 Å². The van der Waals surface area contributed by atoms with Crippen LogP contribution in [0.1, 0.15) is 38.0 Å². The quantitative estimate of drug-likeness (QED) is 0.553. The molecule has 13 heteroatoms. The van der Waals surface area contributed by atoms with Crippen molar-refractivity contribution in [2.75, 3.05) is 11.6 Å². The number of carbonyl (C=O) groups is 1. The first-order chi connectivity index (χ1) is 15.6. The largest absolute Gasteiger partial charge is 0.422 e. The topological polar surface area (TPSA) is 147 Å². The van der Waals surface area contributed by atoms with Crippen molar-refractivity contribution in [3.8, 4) is 11.4 Å². The van der Waals surface area contributed by atoms with Gasteiger partial charge in [0.25, 0.3) is 0 Å². The zero-order chi connectivity index (χ0) is 23.4. The number of piperidine rings is 1. The van der Waals surface area contributed by atoms with Crippen molar-refractivity contribution in [2.45, 2.75) is 43.5 Å². The molecule has 2 aromatic heterocycles. The number of fused-ring (bicyclic) bond motifs is 2. The molecule has 6 rings (SSSR count). The standard InChI is InChI=1S/C20H22ClN7O4S/c1-11-5-13-8-20(7-11,18-27-25-16(32-18)9-33(2,30)31)28(13)19(29)24-12-3-4-15(21)14(6-12)17-22-10-23-26-17/h3-4,6,10-11,13H,5,7-9H2,1-2H3,(H,24,29)(H,22,23,26)/t11-,13?,20?/m0/s1. The number of nitrogens with zero attached hydrogens (tertiary/aromatic N) is 5. The number of aromatic nitrogens is 5. The van der Waals surface area contributed by atoms with Crippen LogP contribution in [0.2, 0.25) is 5.02 Å². The molecule has 2 amide bonds. The van der Waals surface area contributed by atoms with Gasteiger partial charge < -0.3 is 14.6 Å². The molecule has 3 aliphatic rings. The Kier molecular flexibility index (Phi) is 5.16. The van der Waals surface area contributed by atoms with Gasteiger partial charge in [-0.1, -0.05) is 18.5 Å². The van der Waals surface area contributed by atoms with Crippen LogP contribution >= 0.6 is 11.6 Å². The summed E-state index contributed by atoms with van der Waals surface area (Å²) in [6.07, 6.45) is 4.70. The molecule has 33 heavy (non-hydrogen) atoms. The Labute approximate surface area is 194 Å². The molecule has 1 aromatic carbocycles. The number of hydrogen-bond donors (Lipinski definition) is 2. The van der Waals surface area contributed by atoms with Gasteiger partial charge in [0, 0.05) is 30.0 Å². The van der Waals surface area contributed by atoms with Crippen LogP contribution in [0.5, 0.6) is 0 Å². The lowest BCUT2D eigenvalue weighted by Crippen LogP contribution is -2.70. The summed E-state index contributed by atoms with van der Waals surface area (Å²) in [5.74, 6) is 0.810. The molecule has 2 aliphatic heterocycles. The third-order valence-electron chi connectivity index (χ3n) is 6.12. The van der Waals surface area contributed by atoms with Gasteiger partial charge in [-0.3, -0.25) is 5.10 Å². The highest BCUT2D eigenvalue weighted by Crippen LogP contribution is 2.55. The van der Waals surface area contributed by atoms with Gasteiger partial charge in [-0.25, -0.2) is 18.2 Å². The number of urea groups is 1. The average molecular weight is 492 g/mol. The molecule has 4 heterocycles. The van der Waals surface area contributed by atoms with Gasteiger partial charge in [-0.2, -0.15) is 5.10 Å². The maximum Gasteiger partial charge on any atom is 0.323 e. The normalized spacial score (nSPS) is 24.4. The number of anilines is 1. The van der Waals surface area contributed by atoms with E-state index in [0.717, 1.165) is 12.7 Å². The molecule has 2 unspecified atom stereocenters. The van der Waals surface area contributed by atoms with Gasteiger partial charge >= 0.3 is 6.03 Å². The Bertz CT molecular complexity index is 1310. The zero-order valence-corrected chi connectivity index (χ0v) is 19.5. The third kappa shape index (κ3) is 3.97. The number of benzene rings is 1. The molecule has 0 spiro atoms. The number of sulfone groups is 1. The predicted octanol–water partition coefficient (Wildman–Crippen LogP) is 2.98. The smallest absolute Gasteiger partial charge is 0.323 e. The second-order valence-electron chi connectivity index (χ2n) is 8.83. The van der Waals surface area contributed by atoms with Crippen LogP contribution in [0.4, 0.5) is 10.5 Å². The van der Waals surface area contributed by atoms with Crippen LogP contribution in [0, 0.1) is 5.92 Å². The molecule has 11 nitrogen and oxygen atoms in total. The van der Waals surface area contributed by atoms with E-state index < -0.39 is 15.4 Å². The van der Waals surface area contributed by atoms with Crippen molar-refractivity contribution in [3.63, 3.8) is 0 Å². The first-order valence-electron chi connectivity index (χ1n) is 10.4. The summed E-state index contributed by atoms with van der Waals surface area (Å²) < 4.78 is 29.0. The van der Waals surface area contributed by atoms with E-state index in [0.29, 0.717) is 40.9 Å². The maximum absolute atomic E-state index is 13.4. The lowest BCUT2D eigenvalue weighted by Gasteiger charge is -2.61. The van der Waals surface area contributed by atoms with Gasteiger partial charge in [-0.05, 0) is 37.0 Å². The van der Waals surface area contributed by atoms with E-state index in [1.165, 1.54) is 6.33 Å². The Balaban J connectivity index is 1.41. The Morgan fingerprint density at radius 3 is 2.91 bits per heavy atom. The fourth-order valence-corrected chi connectivity index (χ4v) is 5.75. The number of rotatable bonds is 5. The molecule has 2 saturated heterocycles. The molecule has 0 radical (unpaired) electrons. The van der Waals surface area contributed by atoms with E-state index in [9.17, 15) is 13.2 Å². The van der Waals surface area contributed by atoms with Gasteiger partial charge in [-0.15, -0.1) is 10.2 Å². The van der Waals surface area contributed by atoms with Crippen molar-refractivity contribution in [3.05, 3.63) is 41.3 Å². The van der Waals surface area contributed by atoms with Crippen LogP contribution in [-0.4, -0.2) is 57.0 Å². The summed E-state index contributed by atoms with van der Waals surface area (Å²) in [6.45, 7) is 2.12. The van der Waals surface area contributed by atoms with Gasteiger partial charge in [0.15, 0.2) is 15.7 Å². The fraction of sp³-hybridized carbons (Fsp3) is 0.450. The molecule has 3 fully saturated rings. The predicted molar refractivity (Wildman–Crippen MR) is 119 cm³/mol. The Morgan fingerprint density at radius 1 is 1.36 bits per heavy atom. The minimum Gasteiger partial charge on any atom is -0.422 e. The lowest BCUT2D eigenvalue weighted by atomic mass is 9.64. The maximum atomic E-state index is 13.4. The van der Waals surface area contributed by atoms with E-state index in [2.05, 4.69) is 37.6 Å². The van der Waals surface area contributed by atoms with E-state index in [4.69, 9.17) is 16.0 Å². The van der Waals surface area contributed by atoms with E-state index in [-0.39, 0.29) is 29.6 Å². The van der Waals surface area contributed by atoms with Crippen molar-refractivity contribution in [1.82, 2.24) is 30.3 Å². The summed E-state index contributed by atoms with van der Waals surface area (Å²) in [5, 5.41) is 18.1. The fourth-order valence-electron chi connectivity index (χ4n) is 4.98. The van der Waals surface area contributed by atoms with Crippen LogP contribution in [0.3, 0.4) is 0 Å². The number of aromatic amines is 1. The second-order valence-corrected chi connectivity index (χ2v) is 11.4. The van der Waals surface area contributed by atoms with Gasteiger partial charge in [0.05, 0.1) is 5.02 Å². The highest BCUT2D eigenvalue weighted by atomic mass is 35.5. The monoisotopic (exact) mass is 491 g/mol. The summed E-state index contributed by atoms with van der Waals surface area (Å²) in [7, 11) is -3.32. The number of carbonyl (C=O) groups excluding carboxylic acids is 1. The minimum atomic E-state index is -3.32. The second kappa shape index (κ2) is 7.80. The number of H-pyrrole nitrogens is 1. The number of amides is 2. The molecule has 174 valence electrons. The van der Waals surface area contributed by atoms with Crippen molar-refractivity contribution in [1.29, 1.82) is 0 Å². The first-order valence-corrected chi connectivity index (χ1v) is 12.8. The molecule has 2 bridgehead atoms. The number of halogens is 1. The minimum absolute atomic E-state index is 0.0262. The van der Waals surface area contributed by atoms with Gasteiger partial charge in [0.2, 0.25) is 11.8 Å². The average Bonchev–Trinajstić information content (AvgIpc) is 3.40. The summed E-state index contributed by atoms with van der Waals surface area (Å²) in [4.78, 5) is 19.2. The molecule has 2 N–H and O–H groups in total. The summed E-state index contributed by atoms with van der Waals surface area (Å²) in [5.41, 5.74) is 0.406. The molecule has 3 aromatic rings. The van der Waals surface area contributed by atoms with E-state index in [1.807, 2.05) is 0 Å². The molecule has 3 atom stereocenters. The number of nitrogens with one attached hydrogen (secondary N) is 2. The lowest BCUT2D eigenvalue weighted by molar-refractivity contribution is -0.110. The Hall–Kier alpha value is -2.99. The van der Waals surface area contributed by atoms with Gasteiger partial charge in [0.1, 0.15) is 17.6 Å². The van der Waals surface area contributed by atoms with Crippen LogP contribution in [0.25, 0.3) is 11.4 Å². The third-order valence-corrected chi connectivity index (χ3v) is 7.22. The SMILES string of the molecule is C[C@H]1CC2CC(c3nnc(CS(C)(=O)=O)o3)(C1)N2C(=O)Nc1ccc(Cl)c(-c2ncn[nH]2)c1. The highest BCUT2D eigenvalue weighted by Gasteiger charge is 2.62. The first kappa shape index (κ1) is 21.8. The summed E-state index contributed by atoms with van der Waals surface area (Å²) in [6, 6.07) is 4.84. The molecule has 1 saturated carbocycles. The van der Waals surface area contributed by atoms with E-state index >= 15 is 0 Å². The van der Waals surface area contributed by atoms with E-state index in [1.54, 1.807) is 23.1 Å².